The maximum atomic E-state index is 12.7. The van der Waals surface area contributed by atoms with Gasteiger partial charge in [-0.25, -0.2) is 4.99 Å². The first-order chi connectivity index (χ1) is 7.48. The lowest BCUT2D eigenvalue weighted by Crippen LogP contribution is -2.12. The average Bonchev–Trinajstić information content (AvgIpc) is 2.68. The van der Waals surface area contributed by atoms with Crippen LogP contribution in [0.3, 0.4) is 0 Å². The molecule has 1 aliphatic rings. The number of halogens is 4. The molecule has 1 aliphatic heterocycles. The van der Waals surface area contributed by atoms with Crippen molar-refractivity contribution in [2.45, 2.75) is 12.2 Å². The van der Waals surface area contributed by atoms with Crippen molar-refractivity contribution in [3.63, 3.8) is 0 Å². The van der Waals surface area contributed by atoms with Crippen molar-refractivity contribution >= 4 is 18.0 Å². The third kappa shape index (κ3) is 2.14. The Morgan fingerprint density at radius 1 is 1.44 bits per heavy atom. The van der Waals surface area contributed by atoms with Crippen LogP contribution in [0.5, 0.6) is 0 Å². The zero-order valence-corrected chi connectivity index (χ0v) is 8.64. The SMILES string of the molecule is FC(F)(F)c1ccc(Cl)cc1C1CO[C]=N1. The van der Waals surface area contributed by atoms with Crippen LogP contribution in [0.15, 0.2) is 23.2 Å². The maximum Gasteiger partial charge on any atom is 0.416 e. The minimum Gasteiger partial charge on any atom is -0.471 e. The van der Waals surface area contributed by atoms with Gasteiger partial charge < -0.3 is 4.74 Å². The van der Waals surface area contributed by atoms with E-state index in [1.807, 2.05) is 0 Å². The van der Waals surface area contributed by atoms with Gasteiger partial charge in [0.2, 0.25) is 0 Å². The summed E-state index contributed by atoms with van der Waals surface area (Å²) in [4.78, 5) is 3.69. The summed E-state index contributed by atoms with van der Waals surface area (Å²) in [5.41, 5.74) is -0.719. The largest absolute Gasteiger partial charge is 0.471 e. The molecule has 16 heavy (non-hydrogen) atoms. The molecule has 0 fully saturated rings. The van der Waals surface area contributed by atoms with Crippen molar-refractivity contribution in [2.24, 2.45) is 4.99 Å². The summed E-state index contributed by atoms with van der Waals surface area (Å²) in [7, 11) is 0. The van der Waals surface area contributed by atoms with Crippen molar-refractivity contribution in [3.8, 4) is 0 Å². The van der Waals surface area contributed by atoms with Crippen LogP contribution in [0.2, 0.25) is 5.02 Å². The lowest BCUT2D eigenvalue weighted by Gasteiger charge is -2.15. The Kier molecular flexibility index (Phi) is 2.80. The summed E-state index contributed by atoms with van der Waals surface area (Å²) >= 11 is 5.68. The van der Waals surface area contributed by atoms with E-state index in [1.165, 1.54) is 12.1 Å². The summed E-state index contributed by atoms with van der Waals surface area (Å²) in [5.74, 6) is 0. The van der Waals surface area contributed by atoms with E-state index in [2.05, 4.69) is 11.4 Å². The molecule has 0 bridgehead atoms. The molecule has 1 radical (unpaired) electrons. The fourth-order valence-corrected chi connectivity index (χ4v) is 1.66. The highest BCUT2D eigenvalue weighted by Gasteiger charge is 2.36. The fourth-order valence-electron chi connectivity index (χ4n) is 1.48. The smallest absolute Gasteiger partial charge is 0.416 e. The molecule has 2 rings (SSSR count). The van der Waals surface area contributed by atoms with Crippen molar-refractivity contribution in [1.82, 2.24) is 0 Å². The van der Waals surface area contributed by atoms with E-state index in [9.17, 15) is 13.2 Å². The van der Waals surface area contributed by atoms with Gasteiger partial charge in [0.05, 0.1) is 5.56 Å². The van der Waals surface area contributed by atoms with E-state index in [1.54, 1.807) is 0 Å². The monoisotopic (exact) mass is 248 g/mol. The molecule has 0 saturated heterocycles. The van der Waals surface area contributed by atoms with Gasteiger partial charge in [-0.05, 0) is 23.8 Å². The van der Waals surface area contributed by atoms with Crippen molar-refractivity contribution in [3.05, 3.63) is 34.3 Å². The molecule has 0 amide bonds. The van der Waals surface area contributed by atoms with Gasteiger partial charge in [-0.1, -0.05) is 11.6 Å². The normalized spacial score (nSPS) is 19.9. The quantitative estimate of drug-likeness (QED) is 0.747. The number of ether oxygens (including phenoxy) is 1. The molecule has 1 aromatic carbocycles. The average molecular weight is 249 g/mol. The first-order valence-electron chi connectivity index (χ1n) is 4.42. The zero-order chi connectivity index (χ0) is 11.8. The first kappa shape index (κ1) is 11.3. The van der Waals surface area contributed by atoms with E-state index in [0.29, 0.717) is 0 Å². The number of nitrogens with zero attached hydrogens (tertiary/aromatic N) is 1. The lowest BCUT2D eigenvalue weighted by molar-refractivity contribution is -0.138. The maximum absolute atomic E-state index is 12.7. The van der Waals surface area contributed by atoms with E-state index in [4.69, 9.17) is 16.3 Å². The second kappa shape index (κ2) is 3.97. The Bertz CT molecular complexity index is 431. The van der Waals surface area contributed by atoms with E-state index in [0.717, 1.165) is 6.07 Å². The minimum atomic E-state index is -4.42. The molecular weight excluding hydrogens is 243 g/mol. The molecule has 1 atom stereocenters. The van der Waals surface area contributed by atoms with Gasteiger partial charge in [0, 0.05) is 5.02 Å². The van der Waals surface area contributed by atoms with Gasteiger partial charge in [-0.15, -0.1) is 0 Å². The number of benzene rings is 1. The van der Waals surface area contributed by atoms with Gasteiger partial charge in [0.1, 0.15) is 12.6 Å². The van der Waals surface area contributed by atoms with Crippen LogP contribution >= 0.6 is 11.6 Å². The van der Waals surface area contributed by atoms with Crippen LogP contribution in [0, 0.1) is 0 Å². The summed E-state index contributed by atoms with van der Waals surface area (Å²) in [6, 6.07) is 2.73. The third-order valence-electron chi connectivity index (χ3n) is 2.19. The molecule has 1 unspecified atom stereocenters. The molecule has 6 heteroatoms. The Balaban J connectivity index is 2.48. The van der Waals surface area contributed by atoms with Gasteiger partial charge >= 0.3 is 6.18 Å². The van der Waals surface area contributed by atoms with Crippen LogP contribution in [0.4, 0.5) is 13.2 Å². The van der Waals surface area contributed by atoms with Gasteiger partial charge in [0.15, 0.2) is 0 Å². The predicted octanol–water partition coefficient (Wildman–Crippen LogP) is 3.34. The first-order valence-corrected chi connectivity index (χ1v) is 4.79. The van der Waals surface area contributed by atoms with Gasteiger partial charge in [-0.3, -0.25) is 0 Å². The number of rotatable bonds is 1. The molecule has 0 aliphatic carbocycles. The van der Waals surface area contributed by atoms with Crippen LogP contribution in [-0.2, 0) is 10.9 Å². The lowest BCUT2D eigenvalue weighted by atomic mass is 10.0. The molecule has 0 saturated carbocycles. The van der Waals surface area contributed by atoms with Crippen LogP contribution in [0.25, 0.3) is 0 Å². The Morgan fingerprint density at radius 2 is 2.19 bits per heavy atom. The fraction of sp³-hybridized carbons (Fsp3) is 0.300. The Labute approximate surface area is 94.7 Å². The van der Waals surface area contributed by atoms with Crippen molar-refractivity contribution < 1.29 is 17.9 Å². The topological polar surface area (TPSA) is 21.6 Å². The molecule has 0 N–H and O–H groups in total. The van der Waals surface area contributed by atoms with Crippen molar-refractivity contribution in [2.75, 3.05) is 6.61 Å². The molecule has 2 nitrogen and oxygen atoms in total. The molecule has 0 aromatic heterocycles. The minimum absolute atomic E-state index is 0.0185. The van der Waals surface area contributed by atoms with Crippen LogP contribution < -0.4 is 0 Å². The second-order valence-corrected chi connectivity index (χ2v) is 3.71. The van der Waals surface area contributed by atoms with E-state index in [-0.39, 0.29) is 17.2 Å². The highest BCUT2D eigenvalue weighted by molar-refractivity contribution is 6.30. The molecular formula is C10H6ClF3NO. The van der Waals surface area contributed by atoms with E-state index >= 15 is 0 Å². The standard InChI is InChI=1S/C10H6ClF3NO/c11-6-1-2-8(10(12,13)14)7(3-6)9-4-16-5-15-9/h1-3,9H,4H2. The van der Waals surface area contributed by atoms with Gasteiger partial charge in [-0.2, -0.15) is 13.2 Å². The number of alkyl halides is 3. The van der Waals surface area contributed by atoms with E-state index < -0.39 is 17.8 Å². The predicted molar refractivity (Wildman–Crippen MR) is 52.6 cm³/mol. The molecule has 1 heterocycles. The van der Waals surface area contributed by atoms with Gasteiger partial charge in [0.25, 0.3) is 6.40 Å². The molecule has 85 valence electrons. The highest BCUT2D eigenvalue weighted by Crippen LogP contribution is 2.37. The Morgan fingerprint density at radius 3 is 2.75 bits per heavy atom. The summed E-state index contributed by atoms with van der Waals surface area (Å²) in [6.45, 7) is 0.0590. The second-order valence-electron chi connectivity index (χ2n) is 3.28. The summed E-state index contributed by atoms with van der Waals surface area (Å²) in [6.07, 6.45) is -2.24. The zero-order valence-electron chi connectivity index (χ0n) is 7.88. The Hall–Kier alpha value is -1.23. The highest BCUT2D eigenvalue weighted by atomic mass is 35.5. The number of aliphatic imine (C=N–C) groups is 1. The molecule has 1 aromatic rings. The summed E-state index contributed by atoms with van der Waals surface area (Å²) < 4.78 is 42.8. The summed E-state index contributed by atoms with van der Waals surface area (Å²) in [5, 5.41) is 0.241. The third-order valence-corrected chi connectivity index (χ3v) is 2.43. The number of hydrogen-bond donors (Lipinski definition) is 0. The van der Waals surface area contributed by atoms with Crippen LogP contribution in [-0.4, -0.2) is 13.0 Å². The number of hydrogen-bond acceptors (Lipinski definition) is 2. The van der Waals surface area contributed by atoms with Crippen LogP contribution in [0.1, 0.15) is 17.2 Å². The van der Waals surface area contributed by atoms with Crippen molar-refractivity contribution in [1.29, 1.82) is 0 Å². The molecule has 0 spiro atoms.